The van der Waals surface area contributed by atoms with Gasteiger partial charge in [-0.1, -0.05) is 0 Å². The number of aliphatic hydroxyl groups excluding tert-OH is 1. The third-order valence-corrected chi connectivity index (χ3v) is 2.89. The first kappa shape index (κ1) is 14.7. The van der Waals surface area contributed by atoms with Crippen molar-refractivity contribution in [1.29, 1.82) is 0 Å². The molecule has 1 unspecified atom stereocenters. The number of nitrogens with zero attached hydrogens (tertiary/aromatic N) is 1. The number of halogens is 1. The van der Waals surface area contributed by atoms with Gasteiger partial charge in [0.2, 0.25) is 0 Å². The molecule has 0 amide bonds. The van der Waals surface area contributed by atoms with Crippen molar-refractivity contribution in [3.8, 4) is 11.5 Å². The Bertz CT molecular complexity index is 396. The third kappa shape index (κ3) is 3.11. The van der Waals surface area contributed by atoms with Crippen LogP contribution in [-0.2, 0) is 0 Å². The van der Waals surface area contributed by atoms with E-state index in [1.165, 1.54) is 20.3 Å². The van der Waals surface area contributed by atoms with Crippen LogP contribution >= 0.6 is 0 Å². The van der Waals surface area contributed by atoms with Crippen molar-refractivity contribution < 1.29 is 19.0 Å². The van der Waals surface area contributed by atoms with Gasteiger partial charge in [-0.25, -0.2) is 4.39 Å². The zero-order valence-corrected chi connectivity index (χ0v) is 11.2. The summed E-state index contributed by atoms with van der Waals surface area (Å²) in [7, 11) is 6.66. The molecule has 4 nitrogen and oxygen atoms in total. The third-order valence-electron chi connectivity index (χ3n) is 2.89. The fraction of sp³-hybridized carbons (Fsp3) is 0.538. The summed E-state index contributed by atoms with van der Waals surface area (Å²) in [6.07, 6.45) is 0.458. The van der Waals surface area contributed by atoms with Crippen molar-refractivity contribution in [1.82, 2.24) is 4.90 Å². The van der Waals surface area contributed by atoms with E-state index in [0.717, 1.165) is 0 Å². The van der Waals surface area contributed by atoms with Crippen LogP contribution in [0, 0.1) is 5.82 Å². The molecule has 1 aromatic carbocycles. The van der Waals surface area contributed by atoms with Gasteiger partial charge in [0.15, 0.2) is 11.5 Å². The molecule has 1 N–H and O–H groups in total. The molecule has 0 aromatic heterocycles. The Balaban J connectivity index is 3.21. The van der Waals surface area contributed by atoms with Crippen LogP contribution in [-0.4, -0.2) is 44.9 Å². The molecule has 0 heterocycles. The van der Waals surface area contributed by atoms with Crippen LogP contribution in [0.4, 0.5) is 4.39 Å². The SMILES string of the molecule is COc1cc(F)c(C(CCO)N(C)C)cc1OC. The fourth-order valence-electron chi connectivity index (χ4n) is 1.94. The largest absolute Gasteiger partial charge is 0.493 e. The van der Waals surface area contributed by atoms with E-state index in [-0.39, 0.29) is 18.5 Å². The van der Waals surface area contributed by atoms with Crippen LogP contribution in [0.1, 0.15) is 18.0 Å². The summed E-state index contributed by atoms with van der Waals surface area (Å²) >= 11 is 0. The molecule has 0 saturated heterocycles. The van der Waals surface area contributed by atoms with Crippen LogP contribution in [0.2, 0.25) is 0 Å². The molecule has 0 spiro atoms. The molecule has 0 fully saturated rings. The van der Waals surface area contributed by atoms with E-state index < -0.39 is 0 Å². The maximum atomic E-state index is 14.0. The Morgan fingerprint density at radius 2 is 1.78 bits per heavy atom. The van der Waals surface area contributed by atoms with E-state index in [1.54, 1.807) is 6.07 Å². The average Bonchev–Trinajstić information content (AvgIpc) is 2.35. The number of hydrogen-bond donors (Lipinski definition) is 1. The van der Waals surface area contributed by atoms with Crippen LogP contribution in [0.15, 0.2) is 12.1 Å². The lowest BCUT2D eigenvalue weighted by atomic mass is 10.0. The normalized spacial score (nSPS) is 12.6. The molecule has 102 valence electrons. The summed E-state index contributed by atoms with van der Waals surface area (Å²) in [6, 6.07) is 2.73. The lowest BCUT2D eigenvalue weighted by Gasteiger charge is -2.25. The molecule has 0 aliphatic rings. The smallest absolute Gasteiger partial charge is 0.163 e. The summed E-state index contributed by atoms with van der Waals surface area (Å²) in [5, 5.41) is 9.06. The van der Waals surface area contributed by atoms with Gasteiger partial charge in [0.25, 0.3) is 0 Å². The number of methoxy groups -OCH3 is 2. The van der Waals surface area contributed by atoms with E-state index in [1.807, 2.05) is 19.0 Å². The average molecular weight is 257 g/mol. The van der Waals surface area contributed by atoms with E-state index in [4.69, 9.17) is 14.6 Å². The first-order valence-electron chi connectivity index (χ1n) is 5.73. The highest BCUT2D eigenvalue weighted by atomic mass is 19.1. The van der Waals surface area contributed by atoms with Gasteiger partial charge in [-0.05, 0) is 26.6 Å². The van der Waals surface area contributed by atoms with Gasteiger partial charge in [-0.3, -0.25) is 0 Å². The maximum absolute atomic E-state index is 14.0. The molecule has 0 bridgehead atoms. The summed E-state index contributed by atoms with van der Waals surface area (Å²) in [6.45, 7) is -0.00334. The minimum absolute atomic E-state index is 0.00334. The highest BCUT2D eigenvalue weighted by Gasteiger charge is 2.20. The van der Waals surface area contributed by atoms with E-state index in [9.17, 15) is 4.39 Å². The zero-order chi connectivity index (χ0) is 13.7. The monoisotopic (exact) mass is 257 g/mol. The van der Waals surface area contributed by atoms with E-state index >= 15 is 0 Å². The molecule has 0 aliphatic carbocycles. The predicted molar refractivity (Wildman–Crippen MR) is 67.6 cm³/mol. The first-order valence-corrected chi connectivity index (χ1v) is 5.73. The van der Waals surface area contributed by atoms with Crippen LogP contribution in [0.5, 0.6) is 11.5 Å². The number of aliphatic hydroxyl groups is 1. The molecule has 1 rings (SSSR count). The van der Waals surface area contributed by atoms with Gasteiger partial charge in [0, 0.05) is 24.3 Å². The van der Waals surface area contributed by atoms with Crippen LogP contribution < -0.4 is 9.47 Å². The molecule has 0 aliphatic heterocycles. The second kappa shape index (κ2) is 6.56. The molecule has 1 atom stereocenters. The van der Waals surface area contributed by atoms with Crippen LogP contribution in [0.25, 0.3) is 0 Å². The number of hydrogen-bond acceptors (Lipinski definition) is 4. The molecule has 0 radical (unpaired) electrons. The molecule has 5 heteroatoms. The second-order valence-corrected chi connectivity index (χ2v) is 4.22. The zero-order valence-electron chi connectivity index (χ0n) is 11.2. The highest BCUT2D eigenvalue weighted by molar-refractivity contribution is 5.44. The summed E-state index contributed by atoms with van der Waals surface area (Å²) < 4.78 is 24.3. The molecule has 0 saturated carbocycles. The topological polar surface area (TPSA) is 41.9 Å². The standard InChI is InChI=1S/C13H20FNO3/c1-15(2)11(5-6-16)9-7-12(17-3)13(18-4)8-10(9)14/h7-8,11,16H,5-6H2,1-4H3. The van der Waals surface area contributed by atoms with E-state index in [0.29, 0.717) is 23.5 Å². The van der Waals surface area contributed by atoms with Gasteiger partial charge in [-0.15, -0.1) is 0 Å². The van der Waals surface area contributed by atoms with Crippen molar-refractivity contribution in [2.75, 3.05) is 34.9 Å². The molecule has 1 aromatic rings. The number of ether oxygens (including phenoxy) is 2. The minimum atomic E-state index is -0.361. The first-order chi connectivity index (χ1) is 8.54. The lowest BCUT2D eigenvalue weighted by molar-refractivity contribution is 0.207. The van der Waals surface area contributed by atoms with Crippen molar-refractivity contribution in [2.45, 2.75) is 12.5 Å². The number of benzene rings is 1. The molecular weight excluding hydrogens is 237 g/mol. The Kier molecular flexibility index (Phi) is 5.37. The fourth-order valence-corrected chi connectivity index (χ4v) is 1.94. The summed E-state index contributed by atoms with van der Waals surface area (Å²) in [5.41, 5.74) is 0.492. The van der Waals surface area contributed by atoms with Crippen molar-refractivity contribution in [3.05, 3.63) is 23.5 Å². The quantitative estimate of drug-likeness (QED) is 0.844. The number of rotatable bonds is 6. The summed E-state index contributed by atoms with van der Waals surface area (Å²) in [5.74, 6) is 0.485. The van der Waals surface area contributed by atoms with Gasteiger partial charge in [-0.2, -0.15) is 0 Å². The van der Waals surface area contributed by atoms with Gasteiger partial charge in [0.1, 0.15) is 5.82 Å². The van der Waals surface area contributed by atoms with Crippen molar-refractivity contribution >= 4 is 0 Å². The van der Waals surface area contributed by atoms with E-state index in [2.05, 4.69) is 0 Å². The second-order valence-electron chi connectivity index (χ2n) is 4.22. The predicted octanol–water partition coefficient (Wildman–Crippen LogP) is 1.83. The molecular formula is C13H20FNO3. The van der Waals surface area contributed by atoms with Gasteiger partial charge < -0.3 is 19.5 Å². The Morgan fingerprint density at radius 3 is 2.22 bits per heavy atom. The Labute approximate surface area is 107 Å². The van der Waals surface area contributed by atoms with Crippen molar-refractivity contribution in [2.24, 2.45) is 0 Å². The lowest BCUT2D eigenvalue weighted by Crippen LogP contribution is -2.22. The van der Waals surface area contributed by atoms with Crippen molar-refractivity contribution in [3.63, 3.8) is 0 Å². The summed E-state index contributed by atoms with van der Waals surface area (Å²) in [4.78, 5) is 1.86. The Hall–Kier alpha value is -1.33. The minimum Gasteiger partial charge on any atom is -0.493 e. The maximum Gasteiger partial charge on any atom is 0.163 e. The van der Waals surface area contributed by atoms with Crippen LogP contribution in [0.3, 0.4) is 0 Å². The van der Waals surface area contributed by atoms with Gasteiger partial charge >= 0.3 is 0 Å². The Morgan fingerprint density at radius 1 is 1.22 bits per heavy atom. The highest BCUT2D eigenvalue weighted by Crippen LogP contribution is 2.34. The van der Waals surface area contributed by atoms with Gasteiger partial charge in [0.05, 0.1) is 14.2 Å². The molecule has 18 heavy (non-hydrogen) atoms.